The Morgan fingerprint density at radius 2 is 1.83 bits per heavy atom. The molecule has 3 rings (SSSR count). The molecule has 3 aromatic rings. The van der Waals surface area contributed by atoms with Crippen LogP contribution in [0.5, 0.6) is 0 Å². The van der Waals surface area contributed by atoms with Crippen LogP contribution >= 0.6 is 0 Å². The summed E-state index contributed by atoms with van der Waals surface area (Å²) in [5.74, 6) is 0. The summed E-state index contributed by atoms with van der Waals surface area (Å²) in [6.07, 6.45) is 3.84. The smallest absolute Gasteiger partial charge is 0.282 e. The van der Waals surface area contributed by atoms with Crippen molar-refractivity contribution in [1.29, 1.82) is 0 Å². The summed E-state index contributed by atoms with van der Waals surface area (Å²) in [7, 11) is -4.15. The number of hydrogen-bond donors (Lipinski definition) is 1. The van der Waals surface area contributed by atoms with Gasteiger partial charge in [0.2, 0.25) is 5.52 Å². The van der Waals surface area contributed by atoms with E-state index in [4.69, 9.17) is 4.55 Å². The second-order valence-electron chi connectivity index (χ2n) is 4.07. The van der Waals surface area contributed by atoms with Crippen molar-refractivity contribution >= 4 is 26.4 Å². The van der Waals surface area contributed by atoms with Gasteiger partial charge in [-0.3, -0.25) is 4.55 Å². The van der Waals surface area contributed by atoms with Crippen LogP contribution in [0.15, 0.2) is 59.8 Å². The third-order valence-corrected chi connectivity index (χ3v) is 3.71. The molecule has 0 bridgehead atoms. The maximum absolute atomic E-state index is 11.1. The molecular formula is C13H10NO3S+. The molecule has 0 spiro atoms. The first-order valence-electron chi connectivity index (χ1n) is 5.35. The Morgan fingerprint density at radius 3 is 2.61 bits per heavy atom. The third kappa shape index (κ3) is 1.83. The molecule has 2 heterocycles. The van der Waals surface area contributed by atoms with Crippen molar-refractivity contribution in [3.8, 4) is 0 Å². The largest absolute Gasteiger partial charge is 0.294 e. The maximum Gasteiger partial charge on any atom is 0.294 e. The summed E-state index contributed by atoms with van der Waals surface area (Å²) in [6.45, 7) is 0. The van der Waals surface area contributed by atoms with E-state index in [0.29, 0.717) is 0 Å². The van der Waals surface area contributed by atoms with Gasteiger partial charge in [0.15, 0.2) is 12.4 Å². The average Bonchev–Trinajstić information content (AvgIpc) is 2.34. The molecule has 5 heteroatoms. The van der Waals surface area contributed by atoms with E-state index in [1.54, 1.807) is 6.07 Å². The Morgan fingerprint density at radius 1 is 1.00 bits per heavy atom. The van der Waals surface area contributed by atoms with E-state index < -0.39 is 10.1 Å². The van der Waals surface area contributed by atoms with E-state index in [-0.39, 0.29) is 4.90 Å². The van der Waals surface area contributed by atoms with Crippen LogP contribution in [0.1, 0.15) is 0 Å². The standard InChI is InChI=1S/C13H9NO3S/c15-18(16,17)13-5-4-10-9-14-6-2-1-3-12(14)7-11(10)8-13/h1-9H/p+1. The van der Waals surface area contributed by atoms with Gasteiger partial charge in [0.25, 0.3) is 10.1 Å². The second-order valence-corrected chi connectivity index (χ2v) is 5.49. The molecule has 0 fully saturated rings. The molecule has 2 aromatic heterocycles. The van der Waals surface area contributed by atoms with Crippen LogP contribution in [0.25, 0.3) is 16.3 Å². The lowest BCUT2D eigenvalue weighted by molar-refractivity contribution is -0.510. The lowest BCUT2D eigenvalue weighted by Crippen LogP contribution is -2.19. The first-order chi connectivity index (χ1) is 8.54. The van der Waals surface area contributed by atoms with Crippen molar-refractivity contribution in [1.82, 2.24) is 0 Å². The van der Waals surface area contributed by atoms with Crippen molar-refractivity contribution in [3.63, 3.8) is 0 Å². The molecule has 0 unspecified atom stereocenters. The third-order valence-electron chi connectivity index (χ3n) is 2.86. The van der Waals surface area contributed by atoms with Crippen LogP contribution in [0.4, 0.5) is 0 Å². The minimum atomic E-state index is -4.15. The van der Waals surface area contributed by atoms with E-state index >= 15 is 0 Å². The van der Waals surface area contributed by atoms with Crippen LogP contribution in [-0.2, 0) is 10.1 Å². The summed E-state index contributed by atoms with van der Waals surface area (Å²) in [5, 5.41) is 1.68. The van der Waals surface area contributed by atoms with Gasteiger partial charge in [0.05, 0.1) is 4.90 Å². The van der Waals surface area contributed by atoms with E-state index in [1.165, 1.54) is 12.1 Å². The van der Waals surface area contributed by atoms with Gasteiger partial charge in [-0.15, -0.1) is 0 Å². The molecule has 0 radical (unpaired) electrons. The van der Waals surface area contributed by atoms with Gasteiger partial charge in [-0.25, -0.2) is 0 Å². The van der Waals surface area contributed by atoms with E-state index in [9.17, 15) is 8.42 Å². The number of pyridine rings is 2. The van der Waals surface area contributed by atoms with Gasteiger partial charge >= 0.3 is 0 Å². The van der Waals surface area contributed by atoms with Crippen LogP contribution < -0.4 is 4.40 Å². The molecule has 1 aromatic carbocycles. The summed E-state index contributed by atoms with van der Waals surface area (Å²) in [6, 6.07) is 12.2. The first-order valence-corrected chi connectivity index (χ1v) is 6.79. The molecule has 90 valence electrons. The highest BCUT2D eigenvalue weighted by Gasteiger charge is 2.11. The second kappa shape index (κ2) is 3.76. The molecule has 0 saturated carbocycles. The molecule has 4 nitrogen and oxygen atoms in total. The number of aromatic nitrogens is 1. The highest BCUT2D eigenvalue weighted by molar-refractivity contribution is 7.85. The molecule has 0 saturated heterocycles. The quantitative estimate of drug-likeness (QED) is 0.412. The molecule has 0 amide bonds. The van der Waals surface area contributed by atoms with E-state index in [2.05, 4.69) is 0 Å². The number of rotatable bonds is 1. The number of fused-ring (bicyclic) bond motifs is 2. The SMILES string of the molecule is O=S(=O)(O)c1ccc2c[n+]3ccccc3cc2c1. The highest BCUT2D eigenvalue weighted by Crippen LogP contribution is 2.18. The summed E-state index contributed by atoms with van der Waals surface area (Å²) in [5.41, 5.74) is 0.956. The fraction of sp³-hybridized carbons (Fsp3) is 0. The van der Waals surface area contributed by atoms with Gasteiger partial charge in [-0.2, -0.15) is 12.8 Å². The highest BCUT2D eigenvalue weighted by atomic mass is 32.2. The monoisotopic (exact) mass is 260 g/mol. The normalized spacial score (nSPS) is 12.1. The summed E-state index contributed by atoms with van der Waals surface area (Å²) in [4.78, 5) is -0.0877. The maximum atomic E-state index is 11.1. The molecule has 0 aliphatic heterocycles. The Bertz CT molecular complexity index is 856. The van der Waals surface area contributed by atoms with Gasteiger partial charge in [-0.05, 0) is 29.7 Å². The number of benzene rings is 1. The zero-order valence-electron chi connectivity index (χ0n) is 9.32. The lowest BCUT2D eigenvalue weighted by Gasteiger charge is -2.00. The van der Waals surface area contributed by atoms with E-state index in [1.807, 2.05) is 41.1 Å². The van der Waals surface area contributed by atoms with E-state index in [0.717, 1.165) is 16.3 Å². The Balaban J connectivity index is 2.37. The zero-order chi connectivity index (χ0) is 12.8. The van der Waals surface area contributed by atoms with Crippen molar-refractivity contribution in [2.45, 2.75) is 4.90 Å². The molecule has 0 atom stereocenters. The molecule has 0 aliphatic carbocycles. The molecular weight excluding hydrogens is 250 g/mol. The van der Waals surface area contributed by atoms with Gasteiger partial charge in [0.1, 0.15) is 0 Å². The van der Waals surface area contributed by atoms with Gasteiger partial charge in [0, 0.05) is 23.6 Å². The molecule has 0 aliphatic rings. The lowest BCUT2D eigenvalue weighted by atomic mass is 10.1. The zero-order valence-corrected chi connectivity index (χ0v) is 10.1. The fourth-order valence-electron chi connectivity index (χ4n) is 1.97. The van der Waals surface area contributed by atoms with Crippen LogP contribution in [0, 0.1) is 0 Å². The van der Waals surface area contributed by atoms with Crippen molar-refractivity contribution in [2.75, 3.05) is 0 Å². The van der Waals surface area contributed by atoms with Crippen molar-refractivity contribution in [3.05, 3.63) is 54.9 Å². The predicted molar refractivity (Wildman–Crippen MR) is 66.9 cm³/mol. The Kier molecular flexibility index (Phi) is 2.33. The Labute approximate surface area is 104 Å². The minimum absolute atomic E-state index is 0.0877. The van der Waals surface area contributed by atoms with Crippen LogP contribution in [-0.4, -0.2) is 13.0 Å². The summed E-state index contributed by atoms with van der Waals surface area (Å²) < 4.78 is 33.2. The predicted octanol–water partition coefficient (Wildman–Crippen LogP) is 1.83. The average molecular weight is 260 g/mol. The topological polar surface area (TPSA) is 58.5 Å². The van der Waals surface area contributed by atoms with Crippen molar-refractivity contribution < 1.29 is 17.4 Å². The van der Waals surface area contributed by atoms with Crippen molar-refractivity contribution in [2.24, 2.45) is 0 Å². The first kappa shape index (κ1) is 11.1. The summed E-state index contributed by atoms with van der Waals surface area (Å²) >= 11 is 0. The number of hydrogen-bond acceptors (Lipinski definition) is 2. The van der Waals surface area contributed by atoms with Crippen LogP contribution in [0.2, 0.25) is 0 Å². The van der Waals surface area contributed by atoms with Crippen LogP contribution in [0.3, 0.4) is 0 Å². The molecule has 1 N–H and O–H groups in total. The minimum Gasteiger partial charge on any atom is -0.282 e. The Hall–Kier alpha value is -1.98. The van der Waals surface area contributed by atoms with Gasteiger partial charge < -0.3 is 0 Å². The van der Waals surface area contributed by atoms with Gasteiger partial charge in [-0.1, -0.05) is 0 Å². The number of nitrogens with zero attached hydrogens (tertiary/aromatic N) is 1. The molecule has 18 heavy (non-hydrogen) atoms. The fourth-order valence-corrected chi connectivity index (χ4v) is 2.49.